The van der Waals surface area contributed by atoms with Crippen molar-refractivity contribution in [1.29, 1.82) is 0 Å². The van der Waals surface area contributed by atoms with Crippen LogP contribution in [0.15, 0.2) is 54.6 Å². The van der Waals surface area contributed by atoms with Crippen molar-refractivity contribution in [3.63, 3.8) is 0 Å². The summed E-state index contributed by atoms with van der Waals surface area (Å²) in [5.41, 5.74) is 7.62. The van der Waals surface area contributed by atoms with Gasteiger partial charge in [-0.2, -0.15) is 0 Å². The fourth-order valence-corrected chi connectivity index (χ4v) is 3.09. The van der Waals surface area contributed by atoms with Crippen molar-refractivity contribution in [1.82, 2.24) is 5.32 Å². The summed E-state index contributed by atoms with van der Waals surface area (Å²) in [6.07, 6.45) is 1.07. The van der Waals surface area contributed by atoms with Crippen molar-refractivity contribution >= 4 is 29.9 Å². The number of ether oxygens (including phenoxy) is 1. The van der Waals surface area contributed by atoms with Gasteiger partial charge in [0.15, 0.2) is 0 Å². The summed E-state index contributed by atoms with van der Waals surface area (Å²) in [6, 6.07) is 17.1. The first-order valence-electron chi connectivity index (χ1n) is 8.13. The van der Waals surface area contributed by atoms with Gasteiger partial charge >= 0.3 is 0 Å². The number of carbonyl (C=O) groups is 1. The molecule has 0 saturated carbocycles. The highest BCUT2D eigenvalue weighted by Crippen LogP contribution is 2.25. The van der Waals surface area contributed by atoms with Gasteiger partial charge in [0.1, 0.15) is 6.10 Å². The second-order valence-corrected chi connectivity index (χ2v) is 6.40. The zero-order valence-electron chi connectivity index (χ0n) is 13.7. The van der Waals surface area contributed by atoms with Crippen LogP contribution in [0.4, 0.5) is 0 Å². The molecule has 3 rings (SSSR count). The number of carbonyl (C=O) groups excluding carboxylic acids is 1. The molecular formula is C19H22Cl2N2O2. The summed E-state index contributed by atoms with van der Waals surface area (Å²) in [7, 11) is 0. The van der Waals surface area contributed by atoms with Gasteiger partial charge in [0.25, 0.3) is 0 Å². The molecular weight excluding hydrogens is 359 g/mol. The van der Waals surface area contributed by atoms with E-state index < -0.39 is 6.10 Å². The predicted octanol–water partition coefficient (Wildman–Crippen LogP) is 3.47. The third-order valence-electron chi connectivity index (χ3n) is 4.29. The topological polar surface area (TPSA) is 64.4 Å². The molecule has 1 amide bonds. The average molecular weight is 381 g/mol. The first-order chi connectivity index (χ1) is 11.7. The van der Waals surface area contributed by atoms with Crippen molar-refractivity contribution < 1.29 is 9.53 Å². The number of nitrogens with two attached hydrogens (primary N) is 1. The molecule has 0 aliphatic carbocycles. The van der Waals surface area contributed by atoms with Crippen LogP contribution < -0.4 is 11.1 Å². The standard InChI is InChI=1S/C19H21ClN2O2.ClH/c20-15-8-6-14(7-9-15)18(13-4-2-1-3-5-13)22-19(23)17-11-10-16(12-21)24-17;/h1-9,16-18H,10-12,21H2,(H,22,23);1H/t16-,17+,18?;/m1./s1. The van der Waals surface area contributed by atoms with E-state index in [0.29, 0.717) is 18.0 Å². The SMILES string of the molecule is Cl.NC[C@H]1CC[C@@H](C(=O)NC(c2ccccc2)c2ccc(Cl)cc2)O1. The molecule has 134 valence electrons. The van der Waals surface area contributed by atoms with E-state index in [-0.39, 0.29) is 30.5 Å². The Hall–Kier alpha value is -1.59. The van der Waals surface area contributed by atoms with Crippen LogP contribution in [0.2, 0.25) is 5.02 Å². The average Bonchev–Trinajstić information content (AvgIpc) is 3.10. The fourth-order valence-electron chi connectivity index (χ4n) is 2.97. The fraction of sp³-hybridized carbons (Fsp3) is 0.316. The maximum atomic E-state index is 12.6. The molecule has 1 heterocycles. The summed E-state index contributed by atoms with van der Waals surface area (Å²) in [4.78, 5) is 12.6. The normalized spacial score (nSPS) is 20.6. The highest BCUT2D eigenvalue weighted by Gasteiger charge is 2.31. The summed E-state index contributed by atoms with van der Waals surface area (Å²) in [5, 5.41) is 3.78. The maximum Gasteiger partial charge on any atom is 0.249 e. The van der Waals surface area contributed by atoms with E-state index in [1.165, 1.54) is 0 Å². The number of hydrogen-bond donors (Lipinski definition) is 2. The van der Waals surface area contributed by atoms with Gasteiger partial charge in [-0.1, -0.05) is 54.1 Å². The van der Waals surface area contributed by atoms with Gasteiger partial charge in [0, 0.05) is 11.6 Å². The Kier molecular flexibility index (Phi) is 7.26. The molecule has 0 bridgehead atoms. The highest BCUT2D eigenvalue weighted by atomic mass is 35.5. The van der Waals surface area contributed by atoms with Crippen LogP contribution in [-0.4, -0.2) is 24.7 Å². The van der Waals surface area contributed by atoms with Gasteiger partial charge in [-0.05, 0) is 36.1 Å². The third kappa shape index (κ3) is 4.95. The van der Waals surface area contributed by atoms with Crippen LogP contribution in [0.5, 0.6) is 0 Å². The van der Waals surface area contributed by atoms with Crippen molar-refractivity contribution in [2.45, 2.75) is 31.1 Å². The summed E-state index contributed by atoms with van der Waals surface area (Å²) in [6.45, 7) is 0.447. The minimum absolute atomic E-state index is 0. The van der Waals surface area contributed by atoms with Crippen LogP contribution in [0, 0.1) is 0 Å². The zero-order valence-corrected chi connectivity index (χ0v) is 15.3. The van der Waals surface area contributed by atoms with E-state index in [4.69, 9.17) is 22.1 Å². The molecule has 1 aliphatic rings. The van der Waals surface area contributed by atoms with Gasteiger partial charge < -0.3 is 15.8 Å². The Morgan fingerprint density at radius 2 is 1.76 bits per heavy atom. The number of amides is 1. The Morgan fingerprint density at radius 1 is 1.12 bits per heavy atom. The monoisotopic (exact) mass is 380 g/mol. The van der Waals surface area contributed by atoms with Crippen LogP contribution >= 0.6 is 24.0 Å². The lowest BCUT2D eigenvalue weighted by Gasteiger charge is -2.22. The van der Waals surface area contributed by atoms with Crippen molar-refractivity contribution in [3.05, 3.63) is 70.7 Å². The van der Waals surface area contributed by atoms with Crippen molar-refractivity contribution in [2.75, 3.05) is 6.54 Å². The number of halogens is 2. The second-order valence-electron chi connectivity index (χ2n) is 5.96. The number of rotatable bonds is 5. The molecule has 1 unspecified atom stereocenters. The lowest BCUT2D eigenvalue weighted by Crippen LogP contribution is -2.38. The molecule has 1 aliphatic heterocycles. The van der Waals surface area contributed by atoms with Gasteiger partial charge in [0.05, 0.1) is 12.1 Å². The third-order valence-corrected chi connectivity index (χ3v) is 4.54. The van der Waals surface area contributed by atoms with E-state index in [2.05, 4.69) is 5.32 Å². The van der Waals surface area contributed by atoms with Crippen molar-refractivity contribution in [3.8, 4) is 0 Å². The van der Waals surface area contributed by atoms with Crippen LogP contribution in [0.3, 0.4) is 0 Å². The van der Waals surface area contributed by atoms with Crippen LogP contribution in [0.1, 0.15) is 30.0 Å². The lowest BCUT2D eigenvalue weighted by molar-refractivity contribution is -0.132. The minimum atomic E-state index is -0.433. The molecule has 0 spiro atoms. The molecule has 4 nitrogen and oxygen atoms in total. The first-order valence-corrected chi connectivity index (χ1v) is 8.51. The largest absolute Gasteiger partial charge is 0.364 e. The molecule has 6 heteroatoms. The maximum absolute atomic E-state index is 12.6. The Bertz CT molecular complexity index is 680. The van der Waals surface area contributed by atoms with Gasteiger partial charge in [-0.3, -0.25) is 4.79 Å². The predicted molar refractivity (Wildman–Crippen MR) is 102 cm³/mol. The van der Waals surface area contributed by atoms with Gasteiger partial charge in [-0.25, -0.2) is 0 Å². The first kappa shape index (κ1) is 19.7. The molecule has 25 heavy (non-hydrogen) atoms. The lowest BCUT2D eigenvalue weighted by atomic mass is 9.98. The summed E-state index contributed by atoms with van der Waals surface area (Å²) < 4.78 is 5.71. The second kappa shape index (κ2) is 9.20. The van der Waals surface area contributed by atoms with E-state index in [1.807, 2.05) is 54.6 Å². The molecule has 0 aromatic heterocycles. The Morgan fingerprint density at radius 3 is 2.36 bits per heavy atom. The van der Waals surface area contributed by atoms with Crippen LogP contribution in [-0.2, 0) is 9.53 Å². The molecule has 2 aromatic carbocycles. The Balaban J connectivity index is 0.00000225. The number of hydrogen-bond acceptors (Lipinski definition) is 3. The van der Waals surface area contributed by atoms with E-state index in [1.54, 1.807) is 0 Å². The number of nitrogens with one attached hydrogen (secondary N) is 1. The summed E-state index contributed by atoms with van der Waals surface area (Å²) in [5.74, 6) is -0.102. The minimum Gasteiger partial charge on any atom is -0.364 e. The highest BCUT2D eigenvalue weighted by molar-refractivity contribution is 6.30. The molecule has 3 N–H and O–H groups in total. The smallest absolute Gasteiger partial charge is 0.249 e. The molecule has 1 saturated heterocycles. The van der Waals surface area contributed by atoms with Crippen LogP contribution in [0.25, 0.3) is 0 Å². The Labute approximate surface area is 159 Å². The molecule has 2 aromatic rings. The quantitative estimate of drug-likeness (QED) is 0.834. The van der Waals surface area contributed by atoms with E-state index in [9.17, 15) is 4.79 Å². The van der Waals surface area contributed by atoms with Gasteiger partial charge in [-0.15, -0.1) is 12.4 Å². The van der Waals surface area contributed by atoms with E-state index >= 15 is 0 Å². The summed E-state index contributed by atoms with van der Waals surface area (Å²) >= 11 is 5.98. The molecule has 1 fully saturated rings. The van der Waals surface area contributed by atoms with Crippen molar-refractivity contribution in [2.24, 2.45) is 5.73 Å². The number of benzene rings is 2. The molecule has 3 atom stereocenters. The van der Waals surface area contributed by atoms with E-state index in [0.717, 1.165) is 17.5 Å². The van der Waals surface area contributed by atoms with Gasteiger partial charge in [0.2, 0.25) is 5.91 Å². The zero-order chi connectivity index (χ0) is 16.9. The molecule has 0 radical (unpaired) electrons.